The lowest BCUT2D eigenvalue weighted by Crippen LogP contribution is -2.32. The van der Waals surface area contributed by atoms with Crippen LogP contribution in [0.15, 0.2) is 48.5 Å². The van der Waals surface area contributed by atoms with Gasteiger partial charge in [-0.25, -0.2) is 4.98 Å². The van der Waals surface area contributed by atoms with E-state index in [0.29, 0.717) is 6.61 Å². The van der Waals surface area contributed by atoms with Gasteiger partial charge >= 0.3 is 0 Å². The number of methoxy groups -OCH3 is 1. The Hall–Kier alpha value is -2.66. The zero-order valence-electron chi connectivity index (χ0n) is 14.4. The Balaban J connectivity index is 1.68. The van der Waals surface area contributed by atoms with Crippen LogP contribution >= 0.6 is 0 Å². The lowest BCUT2D eigenvalue weighted by atomic mass is 10.0. The molecule has 0 aliphatic carbocycles. The van der Waals surface area contributed by atoms with Gasteiger partial charge in [0.2, 0.25) is 5.95 Å². The molecule has 0 atom stereocenters. The third-order valence-electron chi connectivity index (χ3n) is 4.60. The molecule has 25 heavy (non-hydrogen) atoms. The molecule has 0 bridgehead atoms. The normalized spacial score (nSPS) is 13.7. The van der Waals surface area contributed by atoms with Crippen molar-refractivity contribution in [1.82, 2.24) is 9.97 Å². The van der Waals surface area contributed by atoms with Crippen molar-refractivity contribution in [3.63, 3.8) is 0 Å². The van der Waals surface area contributed by atoms with Gasteiger partial charge in [0, 0.05) is 32.1 Å². The molecule has 0 saturated carbocycles. The lowest BCUT2D eigenvalue weighted by Gasteiger charge is -2.29. The quantitative estimate of drug-likeness (QED) is 0.726. The first-order chi connectivity index (χ1) is 12.3. The maximum absolute atomic E-state index is 5.14. The molecule has 1 aliphatic rings. The number of aromatic nitrogens is 2. The lowest BCUT2D eigenvalue weighted by molar-refractivity contribution is 0.210. The number of anilines is 2. The van der Waals surface area contributed by atoms with Crippen LogP contribution in [-0.2, 0) is 17.7 Å². The van der Waals surface area contributed by atoms with Crippen molar-refractivity contribution < 1.29 is 4.74 Å². The van der Waals surface area contributed by atoms with Crippen molar-refractivity contribution in [2.24, 2.45) is 0 Å². The van der Waals surface area contributed by atoms with E-state index in [0.717, 1.165) is 48.7 Å². The second-order valence-corrected chi connectivity index (χ2v) is 6.25. The molecule has 0 spiro atoms. The maximum atomic E-state index is 5.14. The van der Waals surface area contributed by atoms with E-state index in [9.17, 15) is 0 Å². The number of para-hydroxylation sites is 1. The molecular weight excluding hydrogens is 312 g/mol. The van der Waals surface area contributed by atoms with Crippen molar-refractivity contribution in [1.29, 1.82) is 0 Å². The molecule has 0 unspecified atom stereocenters. The van der Waals surface area contributed by atoms with Crippen molar-refractivity contribution in [2.75, 3.05) is 37.0 Å². The third-order valence-corrected chi connectivity index (χ3v) is 4.60. The molecule has 1 N–H and O–H groups in total. The molecule has 1 aromatic heterocycles. The molecule has 0 saturated heterocycles. The molecule has 0 radical (unpaired) electrons. The first kappa shape index (κ1) is 15.8. The minimum absolute atomic E-state index is 0.644. The van der Waals surface area contributed by atoms with Crippen molar-refractivity contribution in [3.8, 4) is 0 Å². The Morgan fingerprint density at radius 2 is 1.84 bits per heavy atom. The summed E-state index contributed by atoms with van der Waals surface area (Å²) in [5.74, 6) is 1.66. The molecule has 1 aliphatic heterocycles. The molecule has 0 amide bonds. The largest absolute Gasteiger partial charge is 0.383 e. The zero-order valence-corrected chi connectivity index (χ0v) is 14.4. The van der Waals surface area contributed by atoms with Gasteiger partial charge in [-0.15, -0.1) is 0 Å². The zero-order chi connectivity index (χ0) is 17.1. The molecule has 5 heteroatoms. The van der Waals surface area contributed by atoms with Crippen LogP contribution in [0.25, 0.3) is 10.9 Å². The summed E-state index contributed by atoms with van der Waals surface area (Å²) in [6.45, 7) is 3.16. The minimum atomic E-state index is 0.644. The van der Waals surface area contributed by atoms with Crippen LogP contribution in [0.1, 0.15) is 11.1 Å². The van der Waals surface area contributed by atoms with E-state index in [4.69, 9.17) is 14.7 Å². The van der Waals surface area contributed by atoms with E-state index in [1.807, 2.05) is 18.2 Å². The van der Waals surface area contributed by atoms with Gasteiger partial charge < -0.3 is 15.0 Å². The molecule has 3 aromatic rings. The van der Waals surface area contributed by atoms with Crippen LogP contribution in [0, 0.1) is 0 Å². The monoisotopic (exact) mass is 334 g/mol. The van der Waals surface area contributed by atoms with Crippen LogP contribution < -0.4 is 10.2 Å². The topological polar surface area (TPSA) is 50.3 Å². The smallest absolute Gasteiger partial charge is 0.228 e. The van der Waals surface area contributed by atoms with Gasteiger partial charge in [-0.2, -0.15) is 4.98 Å². The number of fused-ring (bicyclic) bond motifs is 2. The standard InChI is InChI=1S/C20H22N4O/c1-25-13-11-21-19-17-8-4-5-9-18(17)22-20(23-19)24-12-10-15-6-2-3-7-16(15)14-24/h2-9H,10-14H2,1H3,(H,21,22,23). The highest BCUT2D eigenvalue weighted by molar-refractivity contribution is 5.90. The number of rotatable bonds is 5. The summed E-state index contributed by atoms with van der Waals surface area (Å²) in [5, 5.41) is 4.43. The highest BCUT2D eigenvalue weighted by Gasteiger charge is 2.19. The number of nitrogens with zero attached hydrogens (tertiary/aromatic N) is 3. The van der Waals surface area contributed by atoms with Gasteiger partial charge in [0.05, 0.1) is 12.1 Å². The first-order valence-corrected chi connectivity index (χ1v) is 8.66. The summed E-state index contributed by atoms with van der Waals surface area (Å²) in [5.41, 5.74) is 3.75. The number of ether oxygens (including phenoxy) is 1. The molecule has 2 heterocycles. The summed E-state index contributed by atoms with van der Waals surface area (Å²) in [6, 6.07) is 16.7. The fourth-order valence-electron chi connectivity index (χ4n) is 3.28. The van der Waals surface area contributed by atoms with E-state index in [1.165, 1.54) is 11.1 Å². The second kappa shape index (κ2) is 7.07. The predicted octanol–water partition coefficient (Wildman–Crippen LogP) is 3.25. The van der Waals surface area contributed by atoms with Gasteiger partial charge in [0.25, 0.3) is 0 Å². The Labute approximate surface area is 147 Å². The van der Waals surface area contributed by atoms with Crippen molar-refractivity contribution in [3.05, 3.63) is 59.7 Å². The molecule has 5 nitrogen and oxygen atoms in total. The summed E-state index contributed by atoms with van der Waals surface area (Å²) >= 11 is 0. The predicted molar refractivity (Wildman–Crippen MR) is 101 cm³/mol. The first-order valence-electron chi connectivity index (χ1n) is 8.66. The van der Waals surface area contributed by atoms with Gasteiger partial charge in [-0.05, 0) is 29.7 Å². The fourth-order valence-corrected chi connectivity index (χ4v) is 3.28. The highest BCUT2D eigenvalue weighted by atomic mass is 16.5. The Kier molecular flexibility index (Phi) is 4.48. The van der Waals surface area contributed by atoms with Crippen LogP contribution in [0.4, 0.5) is 11.8 Å². The van der Waals surface area contributed by atoms with Gasteiger partial charge in [-0.1, -0.05) is 36.4 Å². The Bertz CT molecular complexity index is 880. The average Bonchev–Trinajstić information content (AvgIpc) is 2.67. The SMILES string of the molecule is COCCNc1nc(N2CCc3ccccc3C2)nc2ccccc12. The molecule has 0 fully saturated rings. The van der Waals surface area contributed by atoms with E-state index in [1.54, 1.807) is 7.11 Å². The Morgan fingerprint density at radius 3 is 2.72 bits per heavy atom. The maximum Gasteiger partial charge on any atom is 0.228 e. The summed E-state index contributed by atoms with van der Waals surface area (Å²) in [7, 11) is 1.70. The van der Waals surface area contributed by atoms with Gasteiger partial charge in [0.15, 0.2) is 0 Å². The molecule has 2 aromatic carbocycles. The average molecular weight is 334 g/mol. The van der Waals surface area contributed by atoms with Gasteiger partial charge in [-0.3, -0.25) is 0 Å². The summed E-state index contributed by atoms with van der Waals surface area (Å²) in [4.78, 5) is 11.9. The van der Waals surface area contributed by atoms with E-state index in [-0.39, 0.29) is 0 Å². The number of hydrogen-bond donors (Lipinski definition) is 1. The number of benzene rings is 2. The molecule has 128 valence electrons. The van der Waals surface area contributed by atoms with Crippen LogP contribution in [0.2, 0.25) is 0 Å². The van der Waals surface area contributed by atoms with Crippen molar-refractivity contribution >= 4 is 22.7 Å². The van der Waals surface area contributed by atoms with Crippen LogP contribution in [0.5, 0.6) is 0 Å². The fraction of sp³-hybridized carbons (Fsp3) is 0.300. The highest BCUT2D eigenvalue weighted by Crippen LogP contribution is 2.27. The third kappa shape index (κ3) is 3.28. The van der Waals surface area contributed by atoms with E-state index < -0.39 is 0 Å². The second-order valence-electron chi connectivity index (χ2n) is 6.25. The molecular formula is C20H22N4O. The number of hydrogen-bond acceptors (Lipinski definition) is 5. The van der Waals surface area contributed by atoms with Crippen molar-refractivity contribution in [2.45, 2.75) is 13.0 Å². The van der Waals surface area contributed by atoms with E-state index in [2.05, 4.69) is 40.5 Å². The van der Waals surface area contributed by atoms with Gasteiger partial charge in [0.1, 0.15) is 5.82 Å². The van der Waals surface area contributed by atoms with Crippen LogP contribution in [0.3, 0.4) is 0 Å². The van der Waals surface area contributed by atoms with Crippen LogP contribution in [-0.4, -0.2) is 36.8 Å². The number of nitrogens with one attached hydrogen (secondary N) is 1. The molecule has 4 rings (SSSR count). The Morgan fingerprint density at radius 1 is 1.04 bits per heavy atom. The minimum Gasteiger partial charge on any atom is -0.383 e. The summed E-state index contributed by atoms with van der Waals surface area (Å²) in [6.07, 6.45) is 1.03. The summed E-state index contributed by atoms with van der Waals surface area (Å²) < 4.78 is 5.14. The van der Waals surface area contributed by atoms with E-state index >= 15 is 0 Å².